The van der Waals surface area contributed by atoms with Gasteiger partial charge in [-0.2, -0.15) is 0 Å². The first-order valence-corrected chi connectivity index (χ1v) is 5.74. The van der Waals surface area contributed by atoms with Gasteiger partial charge in [0, 0.05) is 14.5 Å². The third-order valence-corrected chi connectivity index (χ3v) is 2.77. The number of aromatic nitrogens is 2. The maximum atomic E-state index is 10.5. The minimum atomic E-state index is 0.473. The number of halogens is 2. The van der Waals surface area contributed by atoms with Crippen molar-refractivity contribution in [2.24, 2.45) is 0 Å². The van der Waals surface area contributed by atoms with Gasteiger partial charge in [-0.25, -0.2) is 4.98 Å². The first-order chi connectivity index (χ1) is 7.19. The molecule has 0 saturated carbocycles. The number of carbonyl (C=O) groups excluding carboxylic acids is 1. The Morgan fingerprint density at radius 2 is 1.87 bits per heavy atom. The molecule has 0 aliphatic heterocycles. The normalized spacial score (nSPS) is 10.3. The number of nitrogens with one attached hydrogen (secondary N) is 1. The molecule has 0 fully saturated rings. The van der Waals surface area contributed by atoms with Gasteiger partial charge < -0.3 is 4.98 Å². The molecule has 0 radical (unpaired) electrons. The van der Waals surface area contributed by atoms with Crippen LogP contribution in [0.15, 0.2) is 33.3 Å². The maximum Gasteiger partial charge on any atom is 0.167 e. The first kappa shape index (κ1) is 10.6. The van der Waals surface area contributed by atoms with E-state index in [1.165, 1.54) is 6.20 Å². The minimum Gasteiger partial charge on any atom is -0.336 e. The highest BCUT2D eigenvalue weighted by molar-refractivity contribution is 9.11. The molecule has 0 spiro atoms. The van der Waals surface area contributed by atoms with Crippen molar-refractivity contribution in [1.82, 2.24) is 9.97 Å². The van der Waals surface area contributed by atoms with Gasteiger partial charge in [-0.3, -0.25) is 4.79 Å². The zero-order chi connectivity index (χ0) is 10.8. The van der Waals surface area contributed by atoms with Crippen LogP contribution in [0.1, 0.15) is 10.5 Å². The number of imidazole rings is 1. The Balaban J connectivity index is 2.48. The first-order valence-electron chi connectivity index (χ1n) is 4.15. The van der Waals surface area contributed by atoms with Crippen LogP contribution >= 0.6 is 31.9 Å². The van der Waals surface area contributed by atoms with Gasteiger partial charge in [-0.1, -0.05) is 31.9 Å². The third kappa shape index (κ3) is 2.35. The predicted molar refractivity (Wildman–Crippen MR) is 64.8 cm³/mol. The van der Waals surface area contributed by atoms with Crippen LogP contribution < -0.4 is 0 Å². The third-order valence-electron chi connectivity index (χ3n) is 1.86. The average Bonchev–Trinajstić information content (AvgIpc) is 2.64. The largest absolute Gasteiger partial charge is 0.336 e. The van der Waals surface area contributed by atoms with Gasteiger partial charge in [-0.05, 0) is 18.2 Å². The Morgan fingerprint density at radius 1 is 1.20 bits per heavy atom. The van der Waals surface area contributed by atoms with Crippen LogP contribution in [0.5, 0.6) is 0 Å². The molecule has 0 atom stereocenters. The molecule has 2 aromatic rings. The summed E-state index contributed by atoms with van der Waals surface area (Å²) in [6.45, 7) is 0. The van der Waals surface area contributed by atoms with Crippen LogP contribution in [0.2, 0.25) is 0 Å². The number of nitrogens with zero attached hydrogens (tertiary/aromatic N) is 1. The molecule has 0 aliphatic carbocycles. The molecule has 1 aromatic heterocycles. The molecule has 5 heteroatoms. The SMILES string of the molecule is O=Cc1cnc(-c2cc(Br)cc(Br)c2)[nH]1. The number of benzene rings is 1. The molecule has 15 heavy (non-hydrogen) atoms. The van der Waals surface area contributed by atoms with Crippen molar-refractivity contribution >= 4 is 38.1 Å². The lowest BCUT2D eigenvalue weighted by Crippen LogP contribution is -1.82. The molecule has 1 N–H and O–H groups in total. The molecule has 1 aromatic carbocycles. The van der Waals surface area contributed by atoms with E-state index in [4.69, 9.17) is 0 Å². The van der Waals surface area contributed by atoms with E-state index < -0.39 is 0 Å². The smallest absolute Gasteiger partial charge is 0.167 e. The van der Waals surface area contributed by atoms with Gasteiger partial charge in [0.2, 0.25) is 0 Å². The second kappa shape index (κ2) is 4.28. The molecule has 0 saturated heterocycles. The standard InChI is InChI=1S/C10H6Br2N2O/c11-7-1-6(2-8(12)3-7)10-13-4-9(5-15)14-10/h1-5H,(H,13,14). The van der Waals surface area contributed by atoms with Crippen molar-refractivity contribution in [3.63, 3.8) is 0 Å². The quantitative estimate of drug-likeness (QED) is 0.858. The number of aromatic amines is 1. The van der Waals surface area contributed by atoms with Crippen LogP contribution in [0.25, 0.3) is 11.4 Å². The van der Waals surface area contributed by atoms with E-state index in [2.05, 4.69) is 41.8 Å². The number of carbonyl (C=O) groups is 1. The number of aldehydes is 1. The molecule has 0 aliphatic rings. The van der Waals surface area contributed by atoms with Crippen molar-refractivity contribution in [3.05, 3.63) is 39.0 Å². The summed E-state index contributed by atoms with van der Waals surface area (Å²) in [6.07, 6.45) is 2.25. The lowest BCUT2D eigenvalue weighted by Gasteiger charge is -1.99. The van der Waals surface area contributed by atoms with E-state index >= 15 is 0 Å². The summed E-state index contributed by atoms with van der Waals surface area (Å²) in [5, 5.41) is 0. The highest BCUT2D eigenvalue weighted by atomic mass is 79.9. The van der Waals surface area contributed by atoms with Crippen LogP contribution in [0, 0.1) is 0 Å². The van der Waals surface area contributed by atoms with Crippen molar-refractivity contribution in [1.29, 1.82) is 0 Å². The molecule has 76 valence electrons. The Hall–Kier alpha value is -0.940. The van der Waals surface area contributed by atoms with Crippen molar-refractivity contribution in [3.8, 4) is 11.4 Å². The Morgan fingerprint density at radius 3 is 2.40 bits per heavy atom. The number of rotatable bonds is 2. The fourth-order valence-corrected chi connectivity index (χ4v) is 2.53. The van der Waals surface area contributed by atoms with Gasteiger partial charge >= 0.3 is 0 Å². The Bertz CT molecular complexity index is 488. The van der Waals surface area contributed by atoms with E-state index in [1.54, 1.807) is 0 Å². The van der Waals surface area contributed by atoms with Crippen LogP contribution in [0.4, 0.5) is 0 Å². The monoisotopic (exact) mass is 328 g/mol. The summed E-state index contributed by atoms with van der Waals surface area (Å²) in [6, 6.07) is 5.80. The van der Waals surface area contributed by atoms with Crippen molar-refractivity contribution in [2.45, 2.75) is 0 Å². The van der Waals surface area contributed by atoms with E-state index in [0.29, 0.717) is 11.5 Å². The van der Waals surface area contributed by atoms with E-state index in [9.17, 15) is 4.79 Å². The van der Waals surface area contributed by atoms with Crippen LogP contribution in [0.3, 0.4) is 0 Å². The minimum absolute atomic E-state index is 0.473. The second-order valence-corrected chi connectivity index (χ2v) is 4.79. The van der Waals surface area contributed by atoms with Gasteiger partial charge in [0.05, 0.1) is 11.9 Å². The molecule has 2 rings (SSSR count). The van der Waals surface area contributed by atoms with Gasteiger partial charge in [0.25, 0.3) is 0 Å². The summed E-state index contributed by atoms with van der Waals surface area (Å²) in [4.78, 5) is 17.5. The summed E-state index contributed by atoms with van der Waals surface area (Å²) in [5.74, 6) is 0.680. The topological polar surface area (TPSA) is 45.8 Å². The van der Waals surface area contributed by atoms with Crippen LogP contribution in [-0.4, -0.2) is 16.3 Å². The molecule has 0 amide bonds. The number of H-pyrrole nitrogens is 1. The lowest BCUT2D eigenvalue weighted by molar-refractivity contribution is 0.111. The molecule has 0 bridgehead atoms. The summed E-state index contributed by atoms with van der Waals surface area (Å²) < 4.78 is 1.91. The Kier molecular flexibility index (Phi) is 3.02. The van der Waals surface area contributed by atoms with Crippen molar-refractivity contribution < 1.29 is 4.79 Å². The van der Waals surface area contributed by atoms with E-state index in [1.807, 2.05) is 18.2 Å². The summed E-state index contributed by atoms with van der Waals surface area (Å²) >= 11 is 6.79. The average molecular weight is 330 g/mol. The van der Waals surface area contributed by atoms with E-state index in [-0.39, 0.29) is 0 Å². The van der Waals surface area contributed by atoms with Gasteiger partial charge in [0.15, 0.2) is 6.29 Å². The fourth-order valence-electron chi connectivity index (χ4n) is 1.23. The molecular formula is C10H6Br2N2O. The Labute approximate surface area is 103 Å². The zero-order valence-corrected chi connectivity index (χ0v) is 10.7. The maximum absolute atomic E-state index is 10.5. The summed E-state index contributed by atoms with van der Waals surface area (Å²) in [5.41, 5.74) is 1.39. The lowest BCUT2D eigenvalue weighted by atomic mass is 10.2. The number of hydrogen-bond donors (Lipinski definition) is 1. The molecule has 3 nitrogen and oxygen atoms in total. The molecular weight excluding hydrogens is 324 g/mol. The predicted octanol–water partition coefficient (Wildman–Crippen LogP) is 3.41. The highest BCUT2D eigenvalue weighted by Crippen LogP contribution is 2.25. The summed E-state index contributed by atoms with van der Waals surface area (Å²) in [7, 11) is 0. The van der Waals surface area contributed by atoms with E-state index in [0.717, 1.165) is 20.8 Å². The fraction of sp³-hybridized carbons (Fsp3) is 0. The van der Waals surface area contributed by atoms with Gasteiger partial charge in [0.1, 0.15) is 5.82 Å². The van der Waals surface area contributed by atoms with Crippen LogP contribution in [-0.2, 0) is 0 Å². The highest BCUT2D eigenvalue weighted by Gasteiger charge is 2.04. The second-order valence-electron chi connectivity index (χ2n) is 2.96. The molecule has 1 heterocycles. The van der Waals surface area contributed by atoms with Gasteiger partial charge in [-0.15, -0.1) is 0 Å². The molecule has 0 unspecified atom stereocenters. The van der Waals surface area contributed by atoms with Crippen molar-refractivity contribution in [2.75, 3.05) is 0 Å². The number of hydrogen-bond acceptors (Lipinski definition) is 2. The zero-order valence-electron chi connectivity index (χ0n) is 7.50.